The van der Waals surface area contributed by atoms with E-state index in [9.17, 15) is 0 Å². The number of fused-ring (bicyclic) bond motifs is 1. The lowest BCUT2D eigenvalue weighted by Gasteiger charge is -2.21. The van der Waals surface area contributed by atoms with Crippen LogP contribution in [0.2, 0.25) is 0 Å². The molecule has 0 radical (unpaired) electrons. The van der Waals surface area contributed by atoms with Crippen molar-refractivity contribution in [2.45, 2.75) is 25.7 Å². The van der Waals surface area contributed by atoms with E-state index in [1.54, 1.807) is 17.2 Å². The van der Waals surface area contributed by atoms with E-state index in [0.29, 0.717) is 0 Å². The molecular weight excluding hydrogens is 276 g/mol. The van der Waals surface area contributed by atoms with Gasteiger partial charge in [-0.1, -0.05) is 18.9 Å². The minimum absolute atomic E-state index is 0.776. The molecule has 1 saturated heterocycles. The summed E-state index contributed by atoms with van der Waals surface area (Å²) in [6.45, 7) is 2.11. The van der Waals surface area contributed by atoms with Crippen LogP contribution >= 0.6 is 0 Å². The van der Waals surface area contributed by atoms with Gasteiger partial charge < -0.3 is 4.90 Å². The molecule has 112 valence electrons. The molecule has 0 spiro atoms. The van der Waals surface area contributed by atoms with Crippen molar-refractivity contribution >= 4 is 16.9 Å². The molecular formula is C16H18N6. The number of anilines is 1. The molecule has 4 rings (SSSR count). The highest BCUT2D eigenvalue weighted by atomic mass is 15.3. The smallest absolute Gasteiger partial charge is 0.170 e. The Labute approximate surface area is 128 Å². The van der Waals surface area contributed by atoms with Gasteiger partial charge in [-0.25, -0.2) is 15.0 Å². The number of nitrogens with zero attached hydrogens (tertiary/aromatic N) is 6. The van der Waals surface area contributed by atoms with Gasteiger partial charge in [0, 0.05) is 19.3 Å². The summed E-state index contributed by atoms with van der Waals surface area (Å²) in [7, 11) is 0. The van der Waals surface area contributed by atoms with Gasteiger partial charge in [0.2, 0.25) is 0 Å². The van der Waals surface area contributed by atoms with Crippen molar-refractivity contribution in [2.75, 3.05) is 18.0 Å². The maximum absolute atomic E-state index is 4.52. The number of hydrogen-bond donors (Lipinski definition) is 0. The van der Waals surface area contributed by atoms with Crippen LogP contribution in [0.25, 0.3) is 16.9 Å². The third kappa shape index (κ3) is 2.30. The molecule has 0 atom stereocenters. The van der Waals surface area contributed by atoms with Crippen molar-refractivity contribution in [1.29, 1.82) is 0 Å². The first-order valence-corrected chi connectivity index (χ1v) is 7.78. The number of hydrogen-bond acceptors (Lipinski definition) is 5. The number of pyridine rings is 1. The molecule has 0 N–H and O–H groups in total. The van der Waals surface area contributed by atoms with Crippen molar-refractivity contribution in [3.63, 3.8) is 0 Å². The van der Waals surface area contributed by atoms with Gasteiger partial charge >= 0.3 is 0 Å². The van der Waals surface area contributed by atoms with Gasteiger partial charge in [-0.3, -0.25) is 0 Å². The molecule has 22 heavy (non-hydrogen) atoms. The largest absolute Gasteiger partial charge is 0.356 e. The van der Waals surface area contributed by atoms with Gasteiger partial charge in [-0.15, -0.1) is 0 Å². The summed E-state index contributed by atoms with van der Waals surface area (Å²) in [5, 5.41) is 5.46. The molecule has 1 aliphatic rings. The van der Waals surface area contributed by atoms with E-state index in [-0.39, 0.29) is 0 Å². The lowest BCUT2D eigenvalue weighted by Crippen LogP contribution is -2.25. The normalized spacial score (nSPS) is 15.9. The Balaban J connectivity index is 1.80. The lowest BCUT2D eigenvalue weighted by molar-refractivity contribution is 0.726. The summed E-state index contributed by atoms with van der Waals surface area (Å²) in [5.41, 5.74) is 0.813. The Morgan fingerprint density at radius 1 is 0.909 bits per heavy atom. The van der Waals surface area contributed by atoms with Gasteiger partial charge in [-0.05, 0) is 25.0 Å². The van der Waals surface area contributed by atoms with Crippen LogP contribution in [0.3, 0.4) is 0 Å². The van der Waals surface area contributed by atoms with Gasteiger partial charge in [0.05, 0.1) is 11.6 Å². The first-order valence-electron chi connectivity index (χ1n) is 7.78. The molecule has 6 nitrogen and oxygen atoms in total. The van der Waals surface area contributed by atoms with Crippen LogP contribution in [0.15, 0.2) is 36.9 Å². The fourth-order valence-electron chi connectivity index (χ4n) is 3.01. The fraction of sp³-hybridized carbons (Fsp3) is 0.375. The van der Waals surface area contributed by atoms with E-state index in [1.165, 1.54) is 25.7 Å². The Morgan fingerprint density at radius 3 is 2.55 bits per heavy atom. The predicted octanol–water partition coefficient (Wildman–Crippen LogP) is 2.59. The third-order valence-corrected chi connectivity index (χ3v) is 4.12. The second-order valence-corrected chi connectivity index (χ2v) is 5.58. The third-order valence-electron chi connectivity index (χ3n) is 4.12. The van der Waals surface area contributed by atoms with Crippen molar-refractivity contribution in [1.82, 2.24) is 24.7 Å². The molecule has 0 saturated carbocycles. The summed E-state index contributed by atoms with van der Waals surface area (Å²) in [4.78, 5) is 15.7. The maximum Gasteiger partial charge on any atom is 0.170 e. The molecule has 3 aromatic rings. The van der Waals surface area contributed by atoms with Crippen LogP contribution < -0.4 is 4.90 Å². The SMILES string of the molecule is c1ccc(-n2ncc3c(N4CCCCCC4)ncnc32)nc1. The first-order chi connectivity index (χ1) is 10.9. The first kappa shape index (κ1) is 13.2. The van der Waals surface area contributed by atoms with E-state index in [4.69, 9.17) is 0 Å². The van der Waals surface area contributed by atoms with Crippen molar-refractivity contribution in [3.8, 4) is 5.82 Å². The predicted molar refractivity (Wildman–Crippen MR) is 85.1 cm³/mol. The van der Waals surface area contributed by atoms with Gasteiger partial charge in [0.25, 0.3) is 0 Å². The minimum Gasteiger partial charge on any atom is -0.356 e. The zero-order valence-electron chi connectivity index (χ0n) is 12.4. The van der Waals surface area contributed by atoms with Gasteiger partial charge in [0.1, 0.15) is 12.1 Å². The van der Waals surface area contributed by atoms with Crippen molar-refractivity contribution < 1.29 is 0 Å². The highest BCUT2D eigenvalue weighted by Gasteiger charge is 2.17. The second-order valence-electron chi connectivity index (χ2n) is 5.58. The Bertz CT molecular complexity index is 759. The van der Waals surface area contributed by atoms with Crippen LogP contribution in [-0.4, -0.2) is 37.8 Å². The lowest BCUT2D eigenvalue weighted by atomic mass is 10.2. The maximum atomic E-state index is 4.52. The monoisotopic (exact) mass is 294 g/mol. The molecule has 1 aliphatic heterocycles. The van der Waals surface area contributed by atoms with Crippen LogP contribution in [0, 0.1) is 0 Å². The van der Waals surface area contributed by atoms with Crippen LogP contribution in [-0.2, 0) is 0 Å². The van der Waals surface area contributed by atoms with Crippen LogP contribution in [0.5, 0.6) is 0 Å². The van der Waals surface area contributed by atoms with E-state index < -0.39 is 0 Å². The summed E-state index contributed by atoms with van der Waals surface area (Å²) in [5.74, 6) is 1.77. The number of aromatic nitrogens is 5. The molecule has 0 unspecified atom stereocenters. The van der Waals surface area contributed by atoms with E-state index in [1.807, 2.05) is 24.4 Å². The number of rotatable bonds is 2. The molecule has 0 bridgehead atoms. The van der Waals surface area contributed by atoms with Gasteiger partial charge in [0.15, 0.2) is 11.5 Å². The van der Waals surface area contributed by atoms with Crippen LogP contribution in [0.4, 0.5) is 5.82 Å². The quantitative estimate of drug-likeness (QED) is 0.727. The van der Waals surface area contributed by atoms with E-state index >= 15 is 0 Å². The Hall–Kier alpha value is -2.50. The van der Waals surface area contributed by atoms with Crippen LogP contribution in [0.1, 0.15) is 25.7 Å². The standard InChI is InChI=1S/C16H18N6/c1-2-6-10-21(9-5-1)15-13-11-20-22(16(13)19-12-18-15)14-7-3-4-8-17-14/h3-4,7-8,11-12H,1-2,5-6,9-10H2. The summed E-state index contributed by atoms with van der Waals surface area (Å²) >= 11 is 0. The van der Waals surface area contributed by atoms with E-state index in [0.717, 1.165) is 35.8 Å². The van der Waals surface area contributed by atoms with Crippen molar-refractivity contribution in [2.24, 2.45) is 0 Å². The molecule has 6 heteroatoms. The Morgan fingerprint density at radius 2 is 1.77 bits per heavy atom. The average molecular weight is 294 g/mol. The van der Waals surface area contributed by atoms with E-state index in [2.05, 4.69) is 25.0 Å². The molecule has 0 aliphatic carbocycles. The second kappa shape index (κ2) is 5.71. The van der Waals surface area contributed by atoms with Gasteiger partial charge in [-0.2, -0.15) is 9.78 Å². The Kier molecular flexibility index (Phi) is 3.42. The molecule has 0 aromatic carbocycles. The highest BCUT2D eigenvalue weighted by molar-refractivity contribution is 5.87. The zero-order chi connectivity index (χ0) is 14.8. The van der Waals surface area contributed by atoms with Crippen molar-refractivity contribution in [3.05, 3.63) is 36.9 Å². The topological polar surface area (TPSA) is 59.7 Å². The molecule has 3 aromatic heterocycles. The summed E-state index contributed by atoms with van der Waals surface area (Å²) in [6, 6.07) is 5.78. The fourth-order valence-corrected chi connectivity index (χ4v) is 3.01. The zero-order valence-corrected chi connectivity index (χ0v) is 12.4. The molecule has 4 heterocycles. The molecule has 0 amide bonds. The summed E-state index contributed by atoms with van der Waals surface area (Å²) < 4.78 is 1.78. The summed E-state index contributed by atoms with van der Waals surface area (Å²) in [6.07, 6.45) is 10.3. The average Bonchev–Trinajstić information content (AvgIpc) is 2.82. The molecule has 1 fully saturated rings. The minimum atomic E-state index is 0.776. The highest BCUT2D eigenvalue weighted by Crippen LogP contribution is 2.26.